The van der Waals surface area contributed by atoms with E-state index in [9.17, 15) is 4.79 Å². The highest BCUT2D eigenvalue weighted by atomic mass is 16.5. The summed E-state index contributed by atoms with van der Waals surface area (Å²) in [6.45, 7) is 2.66. The Hall–Kier alpha value is -2.59. The molecule has 2 aromatic carbocycles. The minimum atomic E-state index is -0.202. The Labute approximate surface area is 142 Å². The number of likely N-dealkylation sites (N-methyl/N-ethyl adjacent to an activating group) is 1. The number of rotatable bonds is 6. The third-order valence-electron chi connectivity index (χ3n) is 4.49. The molecule has 4 heteroatoms. The Morgan fingerprint density at radius 3 is 2.58 bits per heavy atom. The molecule has 1 atom stereocenters. The fraction of sp³-hybridized carbons (Fsp3) is 0.250. The summed E-state index contributed by atoms with van der Waals surface area (Å²) in [6.07, 6.45) is 1.81. The van der Waals surface area contributed by atoms with Crippen molar-refractivity contribution >= 4 is 16.7 Å². The van der Waals surface area contributed by atoms with Crippen LogP contribution in [0.5, 0.6) is 5.75 Å². The second-order valence-corrected chi connectivity index (χ2v) is 6.05. The van der Waals surface area contributed by atoms with Crippen LogP contribution in [0.3, 0.4) is 0 Å². The van der Waals surface area contributed by atoms with Crippen molar-refractivity contribution in [3.63, 3.8) is 0 Å². The number of nitrogens with zero attached hydrogens (tertiary/aromatic N) is 1. The molecular weight excluding hydrogens is 300 g/mol. The van der Waals surface area contributed by atoms with Crippen LogP contribution in [-0.4, -0.2) is 35.9 Å². The van der Waals surface area contributed by atoms with Gasteiger partial charge in [-0.1, -0.05) is 30.3 Å². The number of carbonyl (C=O) groups excluding carboxylic acids is 1. The number of hydrogen-bond donors (Lipinski definition) is 1. The molecule has 0 spiro atoms. The molecule has 0 aliphatic carbocycles. The lowest BCUT2D eigenvalue weighted by Crippen LogP contribution is -2.35. The van der Waals surface area contributed by atoms with E-state index < -0.39 is 0 Å². The number of aromatic nitrogens is 1. The number of benzene rings is 2. The number of ketones is 1. The smallest absolute Gasteiger partial charge is 0.181 e. The summed E-state index contributed by atoms with van der Waals surface area (Å²) >= 11 is 0. The second-order valence-electron chi connectivity index (χ2n) is 6.05. The topological polar surface area (TPSA) is 45.3 Å². The van der Waals surface area contributed by atoms with Crippen LogP contribution in [0.15, 0.2) is 54.7 Å². The van der Waals surface area contributed by atoms with Gasteiger partial charge in [-0.15, -0.1) is 0 Å². The first-order valence-electron chi connectivity index (χ1n) is 8.03. The van der Waals surface area contributed by atoms with Gasteiger partial charge in [-0.05, 0) is 37.7 Å². The number of fused-ring (bicyclic) bond motifs is 1. The Bertz CT molecular complexity index is 836. The van der Waals surface area contributed by atoms with Crippen molar-refractivity contribution in [2.24, 2.45) is 0 Å². The van der Waals surface area contributed by atoms with Gasteiger partial charge in [0, 0.05) is 29.2 Å². The van der Waals surface area contributed by atoms with Gasteiger partial charge in [-0.3, -0.25) is 9.69 Å². The summed E-state index contributed by atoms with van der Waals surface area (Å²) in [5, 5.41) is 0.979. The van der Waals surface area contributed by atoms with E-state index in [1.165, 1.54) is 0 Å². The van der Waals surface area contributed by atoms with Crippen molar-refractivity contribution in [1.82, 2.24) is 9.88 Å². The van der Waals surface area contributed by atoms with Crippen LogP contribution in [0.1, 0.15) is 22.8 Å². The zero-order chi connectivity index (χ0) is 17.1. The number of para-hydroxylation sites is 1. The minimum Gasteiger partial charge on any atom is -0.497 e. The van der Waals surface area contributed by atoms with E-state index in [1.807, 2.05) is 68.7 Å². The van der Waals surface area contributed by atoms with Gasteiger partial charge in [-0.25, -0.2) is 0 Å². The maximum atomic E-state index is 12.9. The molecule has 1 N–H and O–H groups in total. The fourth-order valence-corrected chi connectivity index (χ4v) is 2.86. The van der Waals surface area contributed by atoms with E-state index in [2.05, 4.69) is 9.88 Å². The highest BCUT2D eigenvalue weighted by Gasteiger charge is 2.22. The van der Waals surface area contributed by atoms with E-state index >= 15 is 0 Å². The summed E-state index contributed by atoms with van der Waals surface area (Å²) in [5.41, 5.74) is 2.89. The predicted molar refractivity (Wildman–Crippen MR) is 96.6 cm³/mol. The number of methoxy groups -OCH3 is 1. The van der Waals surface area contributed by atoms with E-state index in [1.54, 1.807) is 7.11 Å². The second kappa shape index (κ2) is 6.89. The van der Waals surface area contributed by atoms with Crippen molar-refractivity contribution in [1.29, 1.82) is 0 Å². The predicted octanol–water partition coefficient (Wildman–Crippen LogP) is 3.88. The van der Waals surface area contributed by atoms with E-state index in [0.29, 0.717) is 6.54 Å². The number of H-pyrrole nitrogens is 1. The summed E-state index contributed by atoms with van der Waals surface area (Å²) in [5.74, 6) is 0.966. The monoisotopic (exact) mass is 322 g/mol. The number of aromatic amines is 1. The standard InChI is InChI=1S/C20H22N2O2/c1-14(22(2)13-15-8-10-16(24-3)11-9-15)20(23)18-12-21-19-7-5-4-6-17(18)19/h4-12,14,21H,13H2,1-3H3/t14-/m0/s1. The van der Waals surface area contributed by atoms with E-state index in [-0.39, 0.29) is 11.8 Å². The Morgan fingerprint density at radius 1 is 1.17 bits per heavy atom. The molecule has 1 aromatic heterocycles. The third-order valence-corrected chi connectivity index (χ3v) is 4.49. The molecule has 0 aliphatic heterocycles. The molecular formula is C20H22N2O2. The van der Waals surface area contributed by atoms with Gasteiger partial charge in [0.25, 0.3) is 0 Å². The Kier molecular flexibility index (Phi) is 4.67. The van der Waals surface area contributed by atoms with Gasteiger partial charge in [-0.2, -0.15) is 0 Å². The molecule has 0 saturated heterocycles. The summed E-state index contributed by atoms with van der Waals surface area (Å²) in [6, 6.07) is 15.6. The lowest BCUT2D eigenvalue weighted by Gasteiger charge is -2.23. The molecule has 3 rings (SSSR count). The molecule has 4 nitrogen and oxygen atoms in total. The van der Waals surface area contributed by atoms with Crippen LogP contribution >= 0.6 is 0 Å². The minimum absolute atomic E-state index is 0.128. The lowest BCUT2D eigenvalue weighted by atomic mass is 10.0. The largest absolute Gasteiger partial charge is 0.497 e. The van der Waals surface area contributed by atoms with Gasteiger partial charge < -0.3 is 9.72 Å². The molecule has 0 fully saturated rings. The number of Topliss-reactive ketones (excluding diaryl/α,β-unsaturated/α-hetero) is 1. The molecule has 0 bridgehead atoms. The molecule has 0 unspecified atom stereocenters. The van der Waals surface area contributed by atoms with Gasteiger partial charge in [0.1, 0.15) is 5.75 Å². The Balaban J connectivity index is 1.74. The number of ether oxygens (including phenoxy) is 1. The van der Waals surface area contributed by atoms with Crippen molar-refractivity contribution in [3.8, 4) is 5.75 Å². The van der Waals surface area contributed by atoms with Gasteiger partial charge in [0.2, 0.25) is 0 Å². The SMILES string of the molecule is COc1ccc(CN(C)[C@@H](C)C(=O)c2c[nH]c3ccccc23)cc1. The van der Waals surface area contributed by atoms with Crippen molar-refractivity contribution in [3.05, 3.63) is 65.9 Å². The molecule has 0 radical (unpaired) electrons. The van der Waals surface area contributed by atoms with Crippen LogP contribution in [0, 0.1) is 0 Å². The maximum absolute atomic E-state index is 12.9. The molecule has 0 aliphatic rings. The fourth-order valence-electron chi connectivity index (χ4n) is 2.86. The van der Waals surface area contributed by atoms with Crippen LogP contribution in [0.4, 0.5) is 0 Å². The van der Waals surface area contributed by atoms with Crippen LogP contribution in [-0.2, 0) is 6.54 Å². The first-order valence-corrected chi connectivity index (χ1v) is 8.03. The molecule has 3 aromatic rings. The lowest BCUT2D eigenvalue weighted by molar-refractivity contribution is 0.0864. The van der Waals surface area contributed by atoms with Crippen molar-refractivity contribution in [2.45, 2.75) is 19.5 Å². The average Bonchev–Trinajstić information content (AvgIpc) is 3.05. The van der Waals surface area contributed by atoms with E-state index in [4.69, 9.17) is 4.74 Å². The molecule has 0 amide bonds. The molecule has 24 heavy (non-hydrogen) atoms. The van der Waals surface area contributed by atoms with Crippen LogP contribution < -0.4 is 4.74 Å². The number of carbonyl (C=O) groups is 1. The third kappa shape index (κ3) is 3.19. The Morgan fingerprint density at radius 2 is 1.88 bits per heavy atom. The van der Waals surface area contributed by atoms with Gasteiger partial charge in [0.15, 0.2) is 5.78 Å². The first kappa shape index (κ1) is 16.3. The van der Waals surface area contributed by atoms with Crippen LogP contribution in [0.25, 0.3) is 10.9 Å². The van der Waals surface area contributed by atoms with Crippen LogP contribution in [0.2, 0.25) is 0 Å². The highest BCUT2D eigenvalue weighted by molar-refractivity contribution is 6.10. The van der Waals surface area contributed by atoms with Gasteiger partial charge in [0.05, 0.1) is 13.2 Å². The first-order chi connectivity index (χ1) is 11.6. The van der Waals surface area contributed by atoms with Crippen molar-refractivity contribution in [2.75, 3.05) is 14.2 Å². The maximum Gasteiger partial charge on any atom is 0.181 e. The molecule has 1 heterocycles. The number of hydrogen-bond acceptors (Lipinski definition) is 3. The molecule has 0 saturated carbocycles. The number of nitrogens with one attached hydrogen (secondary N) is 1. The zero-order valence-electron chi connectivity index (χ0n) is 14.2. The highest BCUT2D eigenvalue weighted by Crippen LogP contribution is 2.21. The quantitative estimate of drug-likeness (QED) is 0.701. The summed E-state index contributed by atoms with van der Waals surface area (Å²) in [7, 11) is 3.63. The average molecular weight is 322 g/mol. The van der Waals surface area contributed by atoms with Crippen molar-refractivity contribution < 1.29 is 9.53 Å². The van der Waals surface area contributed by atoms with Gasteiger partial charge >= 0.3 is 0 Å². The molecule has 124 valence electrons. The summed E-state index contributed by atoms with van der Waals surface area (Å²) in [4.78, 5) is 18.1. The normalized spacial score (nSPS) is 12.5. The zero-order valence-corrected chi connectivity index (χ0v) is 14.2. The summed E-state index contributed by atoms with van der Waals surface area (Å²) < 4.78 is 5.18. The van der Waals surface area contributed by atoms with E-state index in [0.717, 1.165) is 27.8 Å².